The van der Waals surface area contributed by atoms with Gasteiger partial charge in [-0.3, -0.25) is 9.69 Å². The van der Waals surface area contributed by atoms with E-state index in [-0.39, 0.29) is 11.7 Å². The topological polar surface area (TPSA) is 69.7 Å². The van der Waals surface area contributed by atoms with Crippen LogP contribution in [0.3, 0.4) is 0 Å². The molecule has 1 aliphatic heterocycles. The molecule has 27 heavy (non-hydrogen) atoms. The predicted octanol–water partition coefficient (Wildman–Crippen LogP) is 2.53. The first-order valence-electron chi connectivity index (χ1n) is 8.64. The average molecular weight is 412 g/mol. The van der Waals surface area contributed by atoms with Crippen molar-refractivity contribution in [3.05, 3.63) is 47.1 Å². The first kappa shape index (κ1) is 19.9. The molecule has 3 rings (SSSR count). The van der Waals surface area contributed by atoms with Gasteiger partial charge in [-0.25, -0.2) is 12.8 Å². The molecule has 2 aromatic rings. The van der Waals surface area contributed by atoms with Gasteiger partial charge in [0.2, 0.25) is 5.91 Å². The zero-order chi connectivity index (χ0) is 19.6. The largest absolute Gasteiger partial charge is 0.325 e. The van der Waals surface area contributed by atoms with Crippen molar-refractivity contribution in [2.24, 2.45) is 0 Å². The third-order valence-corrected chi connectivity index (χ3v) is 8.00. The molecule has 6 nitrogen and oxygen atoms in total. The number of hydrogen-bond acceptors (Lipinski definition) is 5. The van der Waals surface area contributed by atoms with Crippen LogP contribution in [0.2, 0.25) is 0 Å². The number of carbonyl (C=O) groups is 1. The minimum Gasteiger partial charge on any atom is -0.325 e. The summed E-state index contributed by atoms with van der Waals surface area (Å²) in [4.78, 5) is 14.4. The number of benzene rings is 1. The maximum Gasteiger partial charge on any atom is 0.252 e. The van der Waals surface area contributed by atoms with Gasteiger partial charge < -0.3 is 5.32 Å². The highest BCUT2D eigenvalue weighted by Crippen LogP contribution is 2.22. The molecule has 146 valence electrons. The maximum absolute atomic E-state index is 13.6. The van der Waals surface area contributed by atoms with Crippen molar-refractivity contribution in [1.29, 1.82) is 0 Å². The summed E-state index contributed by atoms with van der Waals surface area (Å²) in [5.74, 6) is -0.610. The third kappa shape index (κ3) is 4.37. The number of carbonyl (C=O) groups excluding carboxylic acids is 1. The first-order valence-corrected chi connectivity index (χ1v) is 11.0. The van der Waals surface area contributed by atoms with Crippen LogP contribution in [0.4, 0.5) is 10.1 Å². The summed E-state index contributed by atoms with van der Waals surface area (Å²) in [6.07, 6.45) is 0. The molecule has 1 aromatic carbocycles. The third-order valence-electron chi connectivity index (χ3n) is 4.73. The number of thiophene rings is 1. The lowest BCUT2D eigenvalue weighted by molar-refractivity contribution is -0.121. The van der Waals surface area contributed by atoms with E-state index in [1.807, 2.05) is 4.90 Å². The van der Waals surface area contributed by atoms with Crippen molar-refractivity contribution < 1.29 is 17.6 Å². The summed E-state index contributed by atoms with van der Waals surface area (Å²) in [5, 5.41) is 4.46. The zero-order valence-electron chi connectivity index (χ0n) is 15.2. The van der Waals surface area contributed by atoms with Crippen molar-refractivity contribution in [3.63, 3.8) is 0 Å². The molecule has 0 aliphatic carbocycles. The van der Waals surface area contributed by atoms with E-state index in [2.05, 4.69) is 5.32 Å². The Morgan fingerprint density at radius 1 is 1.22 bits per heavy atom. The van der Waals surface area contributed by atoms with E-state index in [1.165, 1.54) is 21.7 Å². The molecule has 2 heterocycles. The molecule has 1 aromatic heterocycles. The minimum absolute atomic E-state index is 0.243. The number of rotatable bonds is 5. The van der Waals surface area contributed by atoms with E-state index < -0.39 is 16.1 Å². The van der Waals surface area contributed by atoms with Gasteiger partial charge in [0, 0.05) is 31.9 Å². The highest BCUT2D eigenvalue weighted by molar-refractivity contribution is 7.91. The quantitative estimate of drug-likeness (QED) is 0.821. The first-order chi connectivity index (χ1) is 12.8. The summed E-state index contributed by atoms with van der Waals surface area (Å²) in [7, 11) is -3.46. The summed E-state index contributed by atoms with van der Waals surface area (Å²) in [5.41, 5.74) is 0.929. The maximum atomic E-state index is 13.6. The van der Waals surface area contributed by atoms with Crippen molar-refractivity contribution in [1.82, 2.24) is 9.21 Å². The number of nitrogens with zero attached hydrogens (tertiary/aromatic N) is 2. The number of piperazine rings is 1. The van der Waals surface area contributed by atoms with Gasteiger partial charge in [-0.05, 0) is 43.0 Å². The smallest absolute Gasteiger partial charge is 0.252 e. The highest BCUT2D eigenvalue weighted by atomic mass is 32.2. The standard InChI is InChI=1S/C18H22FN3O3S2/c1-13-5-6-15(12-16(13)19)20-18(23)14(2)21-7-9-22(10-8-21)27(24,25)17-4-3-11-26-17/h3-6,11-12,14H,7-10H2,1-2H3,(H,20,23)/t14-/m0/s1. The van der Waals surface area contributed by atoms with Crippen LogP contribution >= 0.6 is 11.3 Å². The van der Waals surface area contributed by atoms with Gasteiger partial charge in [0.25, 0.3) is 10.0 Å². The summed E-state index contributed by atoms with van der Waals surface area (Å²) in [6.45, 7) is 5.01. The monoisotopic (exact) mass is 411 g/mol. The minimum atomic E-state index is -3.46. The number of sulfonamides is 1. The second kappa shape index (κ2) is 8.05. The van der Waals surface area contributed by atoms with E-state index in [0.29, 0.717) is 41.6 Å². The number of hydrogen-bond donors (Lipinski definition) is 1. The van der Waals surface area contributed by atoms with Crippen LogP contribution in [-0.2, 0) is 14.8 Å². The Kier molecular flexibility index (Phi) is 5.95. The molecule has 1 saturated heterocycles. The average Bonchev–Trinajstić information content (AvgIpc) is 3.20. The number of halogens is 1. The van der Waals surface area contributed by atoms with E-state index in [1.54, 1.807) is 43.5 Å². The van der Waals surface area contributed by atoms with Crippen molar-refractivity contribution in [3.8, 4) is 0 Å². The Bertz CT molecular complexity index is 908. The lowest BCUT2D eigenvalue weighted by Crippen LogP contribution is -2.53. The lowest BCUT2D eigenvalue weighted by atomic mass is 10.2. The van der Waals surface area contributed by atoms with Gasteiger partial charge in [0.15, 0.2) is 0 Å². The molecule has 1 N–H and O–H groups in total. The number of anilines is 1. The normalized spacial score (nSPS) is 17.6. The van der Waals surface area contributed by atoms with Crippen LogP contribution in [0.5, 0.6) is 0 Å². The summed E-state index contributed by atoms with van der Waals surface area (Å²) >= 11 is 1.20. The van der Waals surface area contributed by atoms with Gasteiger partial charge in [0.1, 0.15) is 10.0 Å². The molecule has 0 radical (unpaired) electrons. The SMILES string of the molecule is Cc1ccc(NC(=O)[C@H](C)N2CCN(S(=O)(=O)c3cccs3)CC2)cc1F. The Morgan fingerprint density at radius 2 is 1.93 bits per heavy atom. The fourth-order valence-corrected chi connectivity index (χ4v) is 5.52. The van der Waals surface area contributed by atoms with Gasteiger partial charge in [-0.1, -0.05) is 12.1 Å². The van der Waals surface area contributed by atoms with E-state index in [4.69, 9.17) is 0 Å². The molecule has 1 atom stereocenters. The summed E-state index contributed by atoms with van der Waals surface area (Å²) < 4.78 is 40.5. The Morgan fingerprint density at radius 3 is 2.52 bits per heavy atom. The molecular formula is C18H22FN3O3S2. The molecule has 0 unspecified atom stereocenters. The van der Waals surface area contributed by atoms with Gasteiger partial charge in [0.05, 0.1) is 6.04 Å². The van der Waals surface area contributed by atoms with Crippen molar-refractivity contribution in [2.75, 3.05) is 31.5 Å². The fourth-order valence-electron chi connectivity index (χ4n) is 2.95. The van der Waals surface area contributed by atoms with E-state index in [0.717, 1.165) is 0 Å². The lowest BCUT2D eigenvalue weighted by Gasteiger charge is -2.36. The van der Waals surface area contributed by atoms with E-state index in [9.17, 15) is 17.6 Å². The molecule has 0 bridgehead atoms. The zero-order valence-corrected chi connectivity index (χ0v) is 16.8. The Labute approximate surface area is 162 Å². The molecule has 1 fully saturated rings. The van der Waals surface area contributed by atoms with Crippen LogP contribution in [0, 0.1) is 12.7 Å². The molecular weight excluding hydrogens is 389 g/mol. The van der Waals surface area contributed by atoms with Gasteiger partial charge >= 0.3 is 0 Å². The second-order valence-electron chi connectivity index (χ2n) is 6.50. The number of aryl methyl sites for hydroxylation is 1. The molecule has 1 amide bonds. The molecule has 1 aliphatic rings. The molecule has 9 heteroatoms. The van der Waals surface area contributed by atoms with E-state index >= 15 is 0 Å². The van der Waals surface area contributed by atoms with Gasteiger partial charge in [-0.15, -0.1) is 11.3 Å². The van der Waals surface area contributed by atoms with Gasteiger partial charge in [-0.2, -0.15) is 4.31 Å². The molecule has 0 saturated carbocycles. The van der Waals surface area contributed by atoms with Crippen molar-refractivity contribution >= 4 is 33.0 Å². The predicted molar refractivity (Wildman–Crippen MR) is 104 cm³/mol. The van der Waals surface area contributed by atoms with Crippen LogP contribution in [0.25, 0.3) is 0 Å². The number of amides is 1. The van der Waals surface area contributed by atoms with Crippen LogP contribution in [0.1, 0.15) is 12.5 Å². The second-order valence-corrected chi connectivity index (χ2v) is 9.61. The highest BCUT2D eigenvalue weighted by Gasteiger charge is 2.32. The van der Waals surface area contributed by atoms with Crippen LogP contribution in [-0.4, -0.2) is 55.8 Å². The number of nitrogens with one attached hydrogen (secondary N) is 1. The fraction of sp³-hybridized carbons (Fsp3) is 0.389. The van der Waals surface area contributed by atoms with Crippen LogP contribution in [0.15, 0.2) is 39.9 Å². The Hall–Kier alpha value is -1.81. The summed E-state index contributed by atoms with van der Waals surface area (Å²) in [6, 6.07) is 7.45. The van der Waals surface area contributed by atoms with Crippen LogP contribution < -0.4 is 5.32 Å². The van der Waals surface area contributed by atoms with Crippen molar-refractivity contribution in [2.45, 2.75) is 24.1 Å². The molecule has 0 spiro atoms. The Balaban J connectivity index is 1.58.